The Hall–Kier alpha value is -1.97. The van der Waals surface area contributed by atoms with Crippen LogP contribution in [-0.4, -0.2) is 11.7 Å². The van der Waals surface area contributed by atoms with Crippen LogP contribution in [0.25, 0.3) is 6.08 Å². The molecule has 3 rings (SSSR count). The fourth-order valence-electron chi connectivity index (χ4n) is 2.86. The maximum absolute atomic E-state index is 10.6. The number of nitrogens with one attached hydrogen (secondary N) is 1. The molecular formula is C19H21ClN2O. The standard InChI is InChI=1S/C19H21ClN2O/c1-11(2)12-5-7-13(8-6-12)17(21)15-10-16(20)14-4-3-9-22-18(14)19(15)23/h3-8,10-11,17,22-23H,9,21H2,1-2H3. The first-order chi connectivity index (χ1) is 11.0. The SMILES string of the molecule is CC(C)c1ccc(C(N)c2cc(Cl)c3c(c2O)NCC=C3)cc1. The molecule has 2 aromatic rings. The quantitative estimate of drug-likeness (QED) is 0.718. The zero-order valence-electron chi connectivity index (χ0n) is 13.3. The number of phenols is 1. The van der Waals surface area contributed by atoms with Crippen molar-refractivity contribution in [2.45, 2.75) is 25.8 Å². The van der Waals surface area contributed by atoms with E-state index in [0.29, 0.717) is 28.7 Å². The Morgan fingerprint density at radius 1 is 1.17 bits per heavy atom. The van der Waals surface area contributed by atoms with E-state index < -0.39 is 6.04 Å². The average molecular weight is 329 g/mol. The molecular weight excluding hydrogens is 308 g/mol. The van der Waals surface area contributed by atoms with E-state index in [0.717, 1.165) is 11.1 Å². The lowest BCUT2D eigenvalue weighted by Gasteiger charge is -2.22. The number of hydrogen-bond donors (Lipinski definition) is 3. The summed E-state index contributed by atoms with van der Waals surface area (Å²) in [5, 5.41) is 14.4. The van der Waals surface area contributed by atoms with Crippen LogP contribution in [0.5, 0.6) is 5.75 Å². The number of benzene rings is 2. The Bertz CT molecular complexity index is 751. The molecule has 0 radical (unpaired) electrons. The molecule has 0 spiro atoms. The third-order valence-corrected chi connectivity index (χ3v) is 4.61. The number of anilines is 1. The van der Waals surface area contributed by atoms with E-state index in [1.54, 1.807) is 6.07 Å². The first-order valence-electron chi connectivity index (χ1n) is 7.80. The van der Waals surface area contributed by atoms with Gasteiger partial charge in [-0.1, -0.05) is 61.9 Å². The molecule has 1 unspecified atom stereocenters. The van der Waals surface area contributed by atoms with Crippen LogP contribution in [0.4, 0.5) is 5.69 Å². The van der Waals surface area contributed by atoms with Gasteiger partial charge in [-0.25, -0.2) is 0 Å². The van der Waals surface area contributed by atoms with Gasteiger partial charge in [0.1, 0.15) is 5.75 Å². The van der Waals surface area contributed by atoms with Gasteiger partial charge in [0.2, 0.25) is 0 Å². The van der Waals surface area contributed by atoms with Crippen LogP contribution in [0.1, 0.15) is 48.1 Å². The predicted molar refractivity (Wildman–Crippen MR) is 97.2 cm³/mol. The molecule has 0 fully saturated rings. The predicted octanol–water partition coefficient (Wildman–Crippen LogP) is 4.66. The Morgan fingerprint density at radius 3 is 2.48 bits per heavy atom. The second-order valence-electron chi connectivity index (χ2n) is 6.17. The summed E-state index contributed by atoms with van der Waals surface area (Å²) in [5.74, 6) is 0.650. The van der Waals surface area contributed by atoms with E-state index in [2.05, 4.69) is 31.3 Å². The first-order valence-corrected chi connectivity index (χ1v) is 8.18. The Kier molecular flexibility index (Phi) is 4.33. The smallest absolute Gasteiger partial charge is 0.144 e. The van der Waals surface area contributed by atoms with Gasteiger partial charge >= 0.3 is 0 Å². The second kappa shape index (κ2) is 6.26. The average Bonchev–Trinajstić information content (AvgIpc) is 2.57. The molecule has 120 valence electrons. The first kappa shape index (κ1) is 15.9. The van der Waals surface area contributed by atoms with Gasteiger partial charge in [0.15, 0.2) is 0 Å². The Morgan fingerprint density at radius 2 is 1.83 bits per heavy atom. The summed E-state index contributed by atoms with van der Waals surface area (Å²) >= 11 is 6.36. The van der Waals surface area contributed by atoms with Crippen molar-refractivity contribution in [3.63, 3.8) is 0 Å². The Labute approximate surface area is 141 Å². The van der Waals surface area contributed by atoms with Crippen LogP contribution >= 0.6 is 11.6 Å². The van der Waals surface area contributed by atoms with Crippen molar-refractivity contribution in [3.05, 3.63) is 63.7 Å². The number of fused-ring (bicyclic) bond motifs is 1. The van der Waals surface area contributed by atoms with E-state index in [1.165, 1.54) is 5.56 Å². The summed E-state index contributed by atoms with van der Waals surface area (Å²) in [5.41, 5.74) is 10.7. The molecule has 0 bridgehead atoms. The number of halogens is 1. The molecule has 23 heavy (non-hydrogen) atoms. The van der Waals surface area contributed by atoms with Crippen LogP contribution in [0.3, 0.4) is 0 Å². The molecule has 0 aromatic heterocycles. The van der Waals surface area contributed by atoms with E-state index >= 15 is 0 Å². The molecule has 2 aromatic carbocycles. The normalized spacial score (nSPS) is 14.5. The van der Waals surface area contributed by atoms with Gasteiger partial charge in [-0.05, 0) is 23.1 Å². The van der Waals surface area contributed by atoms with Crippen LogP contribution < -0.4 is 11.1 Å². The number of hydrogen-bond acceptors (Lipinski definition) is 3. The maximum Gasteiger partial charge on any atom is 0.144 e. The number of nitrogens with two attached hydrogens (primary N) is 1. The van der Waals surface area contributed by atoms with Crippen molar-refractivity contribution in [3.8, 4) is 5.75 Å². The lowest BCUT2D eigenvalue weighted by atomic mass is 9.93. The third kappa shape index (κ3) is 2.94. The zero-order valence-corrected chi connectivity index (χ0v) is 14.1. The highest BCUT2D eigenvalue weighted by atomic mass is 35.5. The van der Waals surface area contributed by atoms with Gasteiger partial charge in [0, 0.05) is 17.7 Å². The number of aromatic hydroxyl groups is 1. The molecule has 0 aliphatic carbocycles. The topological polar surface area (TPSA) is 58.3 Å². The fraction of sp³-hybridized carbons (Fsp3) is 0.263. The van der Waals surface area contributed by atoms with Gasteiger partial charge in [-0.15, -0.1) is 0 Å². The summed E-state index contributed by atoms with van der Waals surface area (Å²) in [7, 11) is 0. The minimum absolute atomic E-state index is 0.175. The molecule has 4 N–H and O–H groups in total. The summed E-state index contributed by atoms with van der Waals surface area (Å²) in [6, 6.07) is 9.52. The highest BCUT2D eigenvalue weighted by Gasteiger charge is 2.21. The number of rotatable bonds is 3. The van der Waals surface area contributed by atoms with Crippen molar-refractivity contribution >= 4 is 23.4 Å². The van der Waals surface area contributed by atoms with E-state index in [4.69, 9.17) is 17.3 Å². The summed E-state index contributed by atoms with van der Waals surface area (Å²) in [4.78, 5) is 0. The highest BCUT2D eigenvalue weighted by molar-refractivity contribution is 6.33. The maximum atomic E-state index is 10.6. The lowest BCUT2D eigenvalue weighted by Crippen LogP contribution is -2.14. The molecule has 3 nitrogen and oxygen atoms in total. The fourth-order valence-corrected chi connectivity index (χ4v) is 3.13. The largest absolute Gasteiger partial charge is 0.505 e. The molecule has 0 saturated carbocycles. The molecule has 4 heteroatoms. The van der Waals surface area contributed by atoms with Crippen LogP contribution in [0.2, 0.25) is 5.02 Å². The lowest BCUT2D eigenvalue weighted by molar-refractivity contribution is 0.467. The van der Waals surface area contributed by atoms with Gasteiger partial charge < -0.3 is 16.2 Å². The summed E-state index contributed by atoms with van der Waals surface area (Å²) in [6.45, 7) is 4.98. The van der Waals surface area contributed by atoms with Crippen LogP contribution in [-0.2, 0) is 0 Å². The highest BCUT2D eigenvalue weighted by Crippen LogP contribution is 2.42. The van der Waals surface area contributed by atoms with Crippen molar-refractivity contribution in [2.24, 2.45) is 5.73 Å². The van der Waals surface area contributed by atoms with Gasteiger partial charge in [0.25, 0.3) is 0 Å². The van der Waals surface area contributed by atoms with Gasteiger partial charge in [-0.3, -0.25) is 0 Å². The minimum Gasteiger partial charge on any atom is -0.505 e. The monoisotopic (exact) mass is 328 g/mol. The van der Waals surface area contributed by atoms with Crippen LogP contribution in [0.15, 0.2) is 36.4 Å². The van der Waals surface area contributed by atoms with Gasteiger partial charge in [-0.2, -0.15) is 0 Å². The molecule has 1 atom stereocenters. The van der Waals surface area contributed by atoms with E-state index in [9.17, 15) is 5.11 Å². The molecule has 1 heterocycles. The summed E-state index contributed by atoms with van der Waals surface area (Å²) < 4.78 is 0. The van der Waals surface area contributed by atoms with Gasteiger partial charge in [0.05, 0.1) is 16.8 Å². The van der Waals surface area contributed by atoms with Crippen molar-refractivity contribution in [2.75, 3.05) is 11.9 Å². The third-order valence-electron chi connectivity index (χ3n) is 4.30. The molecule has 0 saturated heterocycles. The zero-order chi connectivity index (χ0) is 16.6. The molecule has 0 amide bonds. The minimum atomic E-state index is -0.424. The second-order valence-corrected chi connectivity index (χ2v) is 6.57. The number of phenolic OH excluding ortho intramolecular Hbond substituents is 1. The molecule has 1 aliphatic rings. The molecule has 1 aliphatic heterocycles. The summed E-state index contributed by atoms with van der Waals surface area (Å²) in [6.07, 6.45) is 3.89. The van der Waals surface area contributed by atoms with Crippen LogP contribution in [0, 0.1) is 0 Å². The van der Waals surface area contributed by atoms with E-state index in [1.807, 2.05) is 24.3 Å². The van der Waals surface area contributed by atoms with E-state index in [-0.39, 0.29) is 5.75 Å². The van der Waals surface area contributed by atoms with Crippen molar-refractivity contribution < 1.29 is 5.11 Å². The van der Waals surface area contributed by atoms with Crippen molar-refractivity contribution in [1.29, 1.82) is 0 Å². The Balaban J connectivity index is 2.01. The van der Waals surface area contributed by atoms with Crippen molar-refractivity contribution in [1.82, 2.24) is 0 Å².